The highest BCUT2D eigenvalue weighted by atomic mass is 32.2. The van der Waals surface area contributed by atoms with Gasteiger partial charge in [-0.25, -0.2) is 8.42 Å². The van der Waals surface area contributed by atoms with Crippen molar-refractivity contribution in [3.05, 3.63) is 18.2 Å². The predicted octanol–water partition coefficient (Wildman–Crippen LogP) is 0.370. The van der Waals surface area contributed by atoms with E-state index in [9.17, 15) is 18.0 Å². The third kappa shape index (κ3) is 5.65. The molecule has 2 aliphatic rings. The van der Waals surface area contributed by atoms with E-state index in [-0.39, 0.29) is 29.0 Å². The summed E-state index contributed by atoms with van der Waals surface area (Å²) >= 11 is 0. The Morgan fingerprint density at radius 2 is 1.85 bits per heavy atom. The summed E-state index contributed by atoms with van der Waals surface area (Å²) in [7, 11) is -2.78. The number of hydrogen-bond acceptors (Lipinski definition) is 7. The van der Waals surface area contributed by atoms with Crippen LogP contribution < -0.4 is 20.1 Å². The molecule has 33 heavy (non-hydrogen) atoms. The van der Waals surface area contributed by atoms with E-state index in [0.717, 1.165) is 25.9 Å². The van der Waals surface area contributed by atoms with E-state index in [2.05, 4.69) is 23.5 Å². The molecule has 0 aliphatic carbocycles. The quantitative estimate of drug-likeness (QED) is 0.549. The maximum Gasteiger partial charge on any atom is 0.245 e. The molecular formula is C22H35N5O5S. The number of carbonyl (C=O) groups excluding carboxylic acids is 2. The first-order valence-electron chi connectivity index (χ1n) is 11.4. The number of para-hydroxylation sites is 1. The zero-order valence-corrected chi connectivity index (χ0v) is 20.4. The van der Waals surface area contributed by atoms with Gasteiger partial charge < -0.3 is 20.3 Å². The summed E-state index contributed by atoms with van der Waals surface area (Å²) in [4.78, 5) is 30.8. The fraction of sp³-hybridized carbons (Fsp3) is 0.636. The Labute approximate surface area is 196 Å². The first-order chi connectivity index (χ1) is 15.7. The van der Waals surface area contributed by atoms with Crippen LogP contribution in [0.3, 0.4) is 0 Å². The molecule has 0 saturated carbocycles. The Morgan fingerprint density at radius 1 is 1.15 bits per heavy atom. The Balaban J connectivity index is 1.81. The van der Waals surface area contributed by atoms with Gasteiger partial charge in [-0.05, 0) is 38.8 Å². The van der Waals surface area contributed by atoms with Gasteiger partial charge in [-0.1, -0.05) is 6.07 Å². The number of carbonyl (C=O) groups is 2. The van der Waals surface area contributed by atoms with Gasteiger partial charge in [0.1, 0.15) is 10.9 Å². The molecule has 2 amide bonds. The van der Waals surface area contributed by atoms with Crippen LogP contribution in [-0.4, -0.2) is 88.5 Å². The summed E-state index contributed by atoms with van der Waals surface area (Å²) in [5.74, 6) is -0.336. The van der Waals surface area contributed by atoms with E-state index in [1.54, 1.807) is 21.9 Å². The highest BCUT2D eigenvalue weighted by molar-refractivity contribution is 7.89. The Hall–Kier alpha value is -2.21. The number of rotatable bonds is 8. The number of nitrogens with zero attached hydrogens (tertiary/aromatic N) is 3. The van der Waals surface area contributed by atoms with Crippen LogP contribution in [0.2, 0.25) is 0 Å². The minimum atomic E-state index is -4.15. The molecule has 11 heteroatoms. The normalized spacial score (nSPS) is 19.1. The average Bonchev–Trinajstić information content (AvgIpc) is 2.82. The van der Waals surface area contributed by atoms with Crippen LogP contribution in [0.1, 0.15) is 33.1 Å². The fourth-order valence-electron chi connectivity index (χ4n) is 4.32. The number of methoxy groups -OCH3 is 1. The second-order valence-electron chi connectivity index (χ2n) is 8.68. The van der Waals surface area contributed by atoms with E-state index in [1.165, 1.54) is 13.2 Å². The zero-order valence-electron chi connectivity index (χ0n) is 19.6. The van der Waals surface area contributed by atoms with Gasteiger partial charge in [0.2, 0.25) is 21.8 Å². The first-order valence-corrected chi connectivity index (χ1v) is 12.9. The molecule has 0 aromatic heterocycles. The first kappa shape index (κ1) is 25.4. The topological polar surface area (TPSA) is 125 Å². The molecule has 1 aromatic carbocycles. The number of nitrogens with one attached hydrogen (secondary N) is 1. The van der Waals surface area contributed by atoms with Gasteiger partial charge in [0.25, 0.3) is 0 Å². The van der Waals surface area contributed by atoms with Crippen LogP contribution in [0.15, 0.2) is 23.1 Å². The van der Waals surface area contributed by atoms with E-state index in [1.807, 2.05) is 0 Å². The molecule has 0 radical (unpaired) electrons. The molecule has 10 nitrogen and oxygen atoms in total. The SMILES string of the molecule is COc1c(N2CCCCC2=O)cccc1S(=O)(=O)N[C@@H](CN)C(=O)N1CCN(C(C)C)CC1. The summed E-state index contributed by atoms with van der Waals surface area (Å²) in [6.07, 6.45) is 2.05. The second-order valence-corrected chi connectivity index (χ2v) is 10.4. The van der Waals surface area contributed by atoms with Crippen molar-refractivity contribution in [2.24, 2.45) is 5.73 Å². The van der Waals surface area contributed by atoms with Crippen molar-refractivity contribution in [1.82, 2.24) is 14.5 Å². The molecule has 2 fully saturated rings. The molecule has 2 aliphatic heterocycles. The maximum absolute atomic E-state index is 13.3. The van der Waals surface area contributed by atoms with E-state index in [0.29, 0.717) is 37.8 Å². The lowest BCUT2D eigenvalue weighted by Gasteiger charge is -2.38. The highest BCUT2D eigenvalue weighted by Gasteiger charge is 2.33. The molecule has 0 bridgehead atoms. The average molecular weight is 482 g/mol. The number of piperidine rings is 1. The number of sulfonamides is 1. The lowest BCUT2D eigenvalue weighted by molar-refractivity contribution is -0.134. The molecule has 2 saturated heterocycles. The van der Waals surface area contributed by atoms with Gasteiger partial charge in [-0.2, -0.15) is 4.72 Å². The van der Waals surface area contributed by atoms with E-state index >= 15 is 0 Å². The van der Waals surface area contributed by atoms with Crippen LogP contribution in [0.5, 0.6) is 5.75 Å². The van der Waals surface area contributed by atoms with Crippen LogP contribution >= 0.6 is 0 Å². The number of anilines is 1. The van der Waals surface area contributed by atoms with Gasteiger partial charge >= 0.3 is 0 Å². The second kappa shape index (κ2) is 10.8. The zero-order chi connectivity index (χ0) is 24.2. The highest BCUT2D eigenvalue weighted by Crippen LogP contribution is 2.36. The Morgan fingerprint density at radius 3 is 2.42 bits per heavy atom. The predicted molar refractivity (Wildman–Crippen MR) is 126 cm³/mol. The lowest BCUT2D eigenvalue weighted by Crippen LogP contribution is -2.57. The van der Waals surface area contributed by atoms with Crippen molar-refractivity contribution >= 4 is 27.5 Å². The molecule has 3 rings (SSSR count). The van der Waals surface area contributed by atoms with E-state index < -0.39 is 16.1 Å². The van der Waals surface area contributed by atoms with Crippen LogP contribution in [0, 0.1) is 0 Å². The van der Waals surface area contributed by atoms with Gasteiger partial charge in [0, 0.05) is 51.7 Å². The van der Waals surface area contributed by atoms with Crippen LogP contribution in [0.4, 0.5) is 5.69 Å². The minimum Gasteiger partial charge on any atom is -0.493 e. The Bertz CT molecular complexity index is 960. The summed E-state index contributed by atoms with van der Waals surface area (Å²) < 4.78 is 34.5. The Kier molecular flexibility index (Phi) is 8.33. The third-order valence-electron chi connectivity index (χ3n) is 6.25. The van der Waals surface area contributed by atoms with Crippen molar-refractivity contribution < 1.29 is 22.7 Å². The molecule has 2 heterocycles. The van der Waals surface area contributed by atoms with Crippen molar-refractivity contribution in [1.29, 1.82) is 0 Å². The monoisotopic (exact) mass is 481 g/mol. The number of benzene rings is 1. The van der Waals surface area contributed by atoms with Crippen LogP contribution in [0.25, 0.3) is 0 Å². The maximum atomic E-state index is 13.3. The van der Waals surface area contributed by atoms with Crippen molar-refractivity contribution in [2.75, 3.05) is 51.3 Å². The molecule has 3 N–H and O–H groups in total. The molecule has 184 valence electrons. The van der Waals surface area contributed by atoms with Gasteiger partial charge in [0.15, 0.2) is 5.75 Å². The number of nitrogens with two attached hydrogens (primary N) is 1. The van der Waals surface area contributed by atoms with Gasteiger partial charge in [0.05, 0.1) is 12.8 Å². The molecule has 0 unspecified atom stereocenters. The number of piperazine rings is 1. The van der Waals surface area contributed by atoms with Crippen LogP contribution in [-0.2, 0) is 19.6 Å². The van der Waals surface area contributed by atoms with Crippen molar-refractivity contribution in [3.8, 4) is 5.75 Å². The smallest absolute Gasteiger partial charge is 0.245 e. The molecule has 0 spiro atoms. The number of hydrogen-bond donors (Lipinski definition) is 2. The standard InChI is InChI=1S/C22H35N5O5S/c1-16(2)25-11-13-26(14-12-25)22(29)17(15-23)24-33(30,31)19-8-6-7-18(21(19)32-3)27-10-5-4-9-20(27)28/h6-8,16-17,24H,4-5,9-15,23H2,1-3H3/t17-/m0/s1. The fourth-order valence-corrected chi connectivity index (χ4v) is 5.71. The molecule has 1 aromatic rings. The van der Waals surface area contributed by atoms with E-state index in [4.69, 9.17) is 10.5 Å². The summed E-state index contributed by atoms with van der Waals surface area (Å²) in [5, 5.41) is 0. The van der Waals surface area contributed by atoms with Crippen molar-refractivity contribution in [2.45, 2.75) is 50.1 Å². The van der Waals surface area contributed by atoms with Gasteiger partial charge in [-0.15, -0.1) is 0 Å². The lowest BCUT2D eigenvalue weighted by atomic mass is 10.1. The largest absolute Gasteiger partial charge is 0.493 e. The summed E-state index contributed by atoms with van der Waals surface area (Å²) in [6, 6.07) is 3.93. The molecule has 1 atom stereocenters. The number of ether oxygens (including phenoxy) is 1. The summed E-state index contributed by atoms with van der Waals surface area (Å²) in [5.41, 5.74) is 6.22. The summed E-state index contributed by atoms with van der Waals surface area (Å²) in [6.45, 7) is 7.03. The van der Waals surface area contributed by atoms with Gasteiger partial charge in [-0.3, -0.25) is 14.5 Å². The minimum absolute atomic E-state index is 0.0717. The van der Waals surface area contributed by atoms with Crippen molar-refractivity contribution in [3.63, 3.8) is 0 Å². The molecular weight excluding hydrogens is 446 g/mol. The third-order valence-corrected chi connectivity index (χ3v) is 7.75. The number of amides is 2.